The van der Waals surface area contributed by atoms with E-state index in [1.54, 1.807) is 0 Å². The van der Waals surface area contributed by atoms with Crippen molar-refractivity contribution in [1.29, 1.82) is 0 Å². The Bertz CT molecular complexity index is 487. The second-order valence-corrected chi connectivity index (χ2v) is 11.8. The van der Waals surface area contributed by atoms with Gasteiger partial charge >= 0.3 is 5.97 Å². The van der Waals surface area contributed by atoms with E-state index in [4.69, 9.17) is 5.11 Å². The van der Waals surface area contributed by atoms with Crippen LogP contribution in [0.1, 0.15) is 89.9 Å². The molecule has 1 saturated carbocycles. The molecule has 2 aliphatic heterocycles. The van der Waals surface area contributed by atoms with Crippen molar-refractivity contribution in [2.75, 3.05) is 11.5 Å². The fourth-order valence-electron chi connectivity index (χ4n) is 5.56. The van der Waals surface area contributed by atoms with Crippen LogP contribution in [0.25, 0.3) is 0 Å². The average molecular weight is 425 g/mol. The first-order valence-electron chi connectivity index (χ1n) is 11.8. The summed E-state index contributed by atoms with van der Waals surface area (Å²) in [6, 6.07) is 0. The van der Waals surface area contributed by atoms with E-state index < -0.39 is 5.97 Å². The van der Waals surface area contributed by atoms with Crippen molar-refractivity contribution < 1.29 is 9.90 Å². The van der Waals surface area contributed by atoms with Gasteiger partial charge in [-0.15, -0.1) is 0 Å². The van der Waals surface area contributed by atoms with Crippen molar-refractivity contribution in [2.45, 2.75) is 100 Å². The molecule has 1 N–H and O–H groups in total. The Balaban J connectivity index is 1.29. The molecule has 0 radical (unpaired) electrons. The smallest absolute Gasteiger partial charge is 0.303 e. The second-order valence-electron chi connectivity index (χ2n) is 9.21. The van der Waals surface area contributed by atoms with Gasteiger partial charge in [0, 0.05) is 22.7 Å². The Morgan fingerprint density at radius 2 is 1.68 bits per heavy atom. The molecule has 2 nitrogen and oxygen atoms in total. The minimum atomic E-state index is -0.644. The molecule has 4 unspecified atom stereocenters. The zero-order chi connectivity index (χ0) is 19.6. The summed E-state index contributed by atoms with van der Waals surface area (Å²) in [7, 11) is 0. The molecule has 0 amide bonds. The summed E-state index contributed by atoms with van der Waals surface area (Å²) in [5.41, 5.74) is 0. The maximum atomic E-state index is 10.6. The van der Waals surface area contributed by atoms with E-state index in [0.29, 0.717) is 6.42 Å². The number of thioether (sulfide) groups is 2. The van der Waals surface area contributed by atoms with E-state index in [1.807, 2.05) is 0 Å². The molecule has 2 bridgehead atoms. The van der Waals surface area contributed by atoms with Gasteiger partial charge in [-0.2, -0.15) is 23.5 Å². The number of rotatable bonds is 13. The topological polar surface area (TPSA) is 37.3 Å². The molecule has 2 heterocycles. The van der Waals surface area contributed by atoms with E-state index in [1.165, 1.54) is 82.1 Å². The molecule has 0 spiro atoms. The number of fused-ring (bicyclic) bond motifs is 2. The van der Waals surface area contributed by atoms with E-state index >= 15 is 0 Å². The van der Waals surface area contributed by atoms with Crippen LogP contribution in [0.4, 0.5) is 0 Å². The van der Waals surface area contributed by atoms with Gasteiger partial charge in [0.15, 0.2) is 0 Å². The van der Waals surface area contributed by atoms with Gasteiger partial charge in [0.25, 0.3) is 0 Å². The molecule has 3 fully saturated rings. The third-order valence-electron chi connectivity index (χ3n) is 7.15. The minimum Gasteiger partial charge on any atom is -0.481 e. The second kappa shape index (κ2) is 12.6. The Labute approximate surface area is 181 Å². The quantitative estimate of drug-likeness (QED) is 0.251. The monoisotopic (exact) mass is 424 g/mol. The Hall–Kier alpha value is -0.0900. The van der Waals surface area contributed by atoms with Gasteiger partial charge in [-0.1, -0.05) is 63.5 Å². The van der Waals surface area contributed by atoms with Crippen LogP contribution in [0, 0.1) is 17.8 Å². The molecule has 0 aromatic carbocycles. The first-order valence-corrected chi connectivity index (χ1v) is 13.9. The summed E-state index contributed by atoms with van der Waals surface area (Å²) < 4.78 is 0. The van der Waals surface area contributed by atoms with Gasteiger partial charge < -0.3 is 5.11 Å². The number of hydrogen-bond acceptors (Lipinski definition) is 3. The average Bonchev–Trinajstić information content (AvgIpc) is 3.30. The summed E-state index contributed by atoms with van der Waals surface area (Å²) in [6.45, 7) is 0. The number of carbonyl (C=O) groups is 1. The van der Waals surface area contributed by atoms with Crippen LogP contribution >= 0.6 is 23.5 Å². The third kappa shape index (κ3) is 7.31. The molecule has 3 rings (SSSR count). The highest BCUT2D eigenvalue weighted by Gasteiger charge is 2.47. The molecular weight excluding hydrogens is 384 g/mol. The van der Waals surface area contributed by atoms with Crippen LogP contribution in [-0.4, -0.2) is 33.1 Å². The van der Waals surface area contributed by atoms with Crippen LogP contribution in [0.5, 0.6) is 0 Å². The number of allylic oxidation sites excluding steroid dienone is 1. The van der Waals surface area contributed by atoms with E-state index in [0.717, 1.165) is 41.1 Å². The molecule has 3 aliphatic rings. The Morgan fingerprint density at radius 1 is 0.929 bits per heavy atom. The highest BCUT2D eigenvalue weighted by molar-refractivity contribution is 8.01. The zero-order valence-corrected chi connectivity index (χ0v) is 19.2. The molecule has 0 aromatic heterocycles. The van der Waals surface area contributed by atoms with E-state index in [2.05, 4.69) is 35.7 Å². The molecule has 0 aromatic rings. The summed E-state index contributed by atoms with van der Waals surface area (Å²) in [5.74, 6) is 4.74. The van der Waals surface area contributed by atoms with Crippen LogP contribution in [0.3, 0.4) is 0 Å². The first kappa shape index (κ1) is 22.6. The van der Waals surface area contributed by atoms with Crippen LogP contribution in [0.15, 0.2) is 12.2 Å². The number of hydrogen-bond donors (Lipinski definition) is 1. The van der Waals surface area contributed by atoms with Crippen molar-refractivity contribution >= 4 is 29.5 Å². The molecule has 160 valence electrons. The van der Waals surface area contributed by atoms with Gasteiger partial charge in [-0.3, -0.25) is 4.79 Å². The molecule has 1 aliphatic carbocycles. The van der Waals surface area contributed by atoms with Crippen molar-refractivity contribution in [3.63, 3.8) is 0 Å². The van der Waals surface area contributed by atoms with Crippen molar-refractivity contribution in [2.24, 2.45) is 17.8 Å². The minimum absolute atomic E-state index is 0.345. The number of carboxylic acid groups (broad SMARTS) is 1. The predicted octanol–water partition coefficient (Wildman–Crippen LogP) is 7.18. The number of carboxylic acids is 1. The first-order chi connectivity index (χ1) is 13.7. The largest absolute Gasteiger partial charge is 0.481 e. The normalized spacial score (nSPS) is 30.4. The lowest BCUT2D eigenvalue weighted by Crippen LogP contribution is -2.29. The zero-order valence-electron chi connectivity index (χ0n) is 17.5. The maximum absolute atomic E-state index is 10.6. The van der Waals surface area contributed by atoms with Crippen molar-refractivity contribution in [1.82, 2.24) is 0 Å². The number of aliphatic carboxylic acids is 1. The highest BCUT2D eigenvalue weighted by Crippen LogP contribution is 2.55. The van der Waals surface area contributed by atoms with Gasteiger partial charge in [0.1, 0.15) is 0 Å². The predicted molar refractivity (Wildman–Crippen MR) is 124 cm³/mol. The SMILES string of the molecule is O=C(O)CCCCCCC1C2CCC(S2)C1CSCC=CCC1CCCCC1. The molecule has 4 atom stereocenters. The standard InChI is InChI=1S/C24H40O2S2/c25-24(26)14-7-2-1-6-13-20-21(23-16-15-22(20)28-23)18-27-17-9-8-12-19-10-4-3-5-11-19/h8-9,19-23H,1-7,10-18H2,(H,25,26). The molecular formula is C24H40O2S2. The molecule has 28 heavy (non-hydrogen) atoms. The van der Waals surface area contributed by atoms with Crippen molar-refractivity contribution in [3.05, 3.63) is 12.2 Å². The molecule has 2 saturated heterocycles. The van der Waals surface area contributed by atoms with Gasteiger partial charge in [-0.05, 0) is 55.6 Å². The highest BCUT2D eigenvalue weighted by atomic mass is 32.2. The van der Waals surface area contributed by atoms with Crippen molar-refractivity contribution in [3.8, 4) is 0 Å². The fourth-order valence-corrected chi connectivity index (χ4v) is 8.88. The van der Waals surface area contributed by atoms with E-state index in [9.17, 15) is 4.79 Å². The van der Waals surface area contributed by atoms with Crippen LogP contribution in [0.2, 0.25) is 0 Å². The summed E-state index contributed by atoms with van der Waals surface area (Å²) in [4.78, 5) is 10.6. The third-order valence-corrected chi connectivity index (χ3v) is 10.1. The van der Waals surface area contributed by atoms with Crippen LogP contribution < -0.4 is 0 Å². The lowest BCUT2D eigenvalue weighted by Gasteiger charge is -2.29. The number of unbranched alkanes of at least 4 members (excludes halogenated alkanes) is 3. The maximum Gasteiger partial charge on any atom is 0.303 e. The van der Waals surface area contributed by atoms with Gasteiger partial charge in [0.2, 0.25) is 0 Å². The lowest BCUT2D eigenvalue weighted by atomic mass is 9.77. The van der Waals surface area contributed by atoms with Crippen LogP contribution in [-0.2, 0) is 4.79 Å². The Kier molecular flexibility index (Phi) is 10.1. The van der Waals surface area contributed by atoms with E-state index in [-0.39, 0.29) is 0 Å². The van der Waals surface area contributed by atoms with Gasteiger partial charge in [-0.25, -0.2) is 0 Å². The summed E-state index contributed by atoms with van der Waals surface area (Å²) >= 11 is 4.46. The molecule has 4 heteroatoms. The lowest BCUT2D eigenvalue weighted by molar-refractivity contribution is -0.137. The summed E-state index contributed by atoms with van der Waals surface area (Å²) in [5, 5.41) is 10.6. The van der Waals surface area contributed by atoms with Gasteiger partial charge in [0.05, 0.1) is 0 Å². The fraction of sp³-hybridized carbons (Fsp3) is 0.875. The Morgan fingerprint density at radius 3 is 2.46 bits per heavy atom. The summed E-state index contributed by atoms with van der Waals surface area (Å²) in [6.07, 6.45) is 22.6.